The van der Waals surface area contributed by atoms with E-state index in [1.165, 1.54) is 7.11 Å². The van der Waals surface area contributed by atoms with Crippen LogP contribution in [0.5, 0.6) is 0 Å². The second-order valence-electron chi connectivity index (χ2n) is 6.34. The standard InChI is InChI=1S/C22H21N3O3/c1-15-5-3-6-16(11-15)12-21(26)25-19-9-10-20(23-14-19)24-18-8-4-7-17(13-18)22(27)28-2/h3-11,13-14H,12H2,1-2H3,(H,23,24)(H,25,26). The summed E-state index contributed by atoms with van der Waals surface area (Å²) in [5.74, 6) is 0.0980. The molecule has 3 aromatic rings. The van der Waals surface area contributed by atoms with E-state index in [1.54, 1.807) is 36.5 Å². The van der Waals surface area contributed by atoms with E-state index in [-0.39, 0.29) is 5.91 Å². The number of amides is 1. The molecule has 0 saturated heterocycles. The van der Waals surface area contributed by atoms with E-state index in [9.17, 15) is 9.59 Å². The van der Waals surface area contributed by atoms with Gasteiger partial charge in [0.15, 0.2) is 0 Å². The van der Waals surface area contributed by atoms with Gasteiger partial charge < -0.3 is 15.4 Å². The number of pyridine rings is 1. The Morgan fingerprint density at radius 1 is 1.00 bits per heavy atom. The van der Waals surface area contributed by atoms with Gasteiger partial charge in [0.05, 0.1) is 31.0 Å². The maximum atomic E-state index is 12.2. The first-order valence-corrected chi connectivity index (χ1v) is 8.80. The van der Waals surface area contributed by atoms with Gasteiger partial charge in [0.1, 0.15) is 5.82 Å². The largest absolute Gasteiger partial charge is 0.465 e. The molecule has 0 aliphatic heterocycles. The van der Waals surface area contributed by atoms with Gasteiger partial charge in [-0.1, -0.05) is 35.9 Å². The van der Waals surface area contributed by atoms with Gasteiger partial charge in [0, 0.05) is 5.69 Å². The Bertz CT molecular complexity index is 984. The number of ether oxygens (including phenoxy) is 1. The second kappa shape index (κ2) is 8.81. The van der Waals surface area contributed by atoms with Gasteiger partial charge >= 0.3 is 5.97 Å². The Balaban J connectivity index is 1.60. The van der Waals surface area contributed by atoms with Crippen LogP contribution in [0.3, 0.4) is 0 Å². The minimum Gasteiger partial charge on any atom is -0.465 e. The van der Waals surface area contributed by atoms with E-state index in [2.05, 4.69) is 15.6 Å². The lowest BCUT2D eigenvalue weighted by molar-refractivity contribution is -0.115. The average Bonchev–Trinajstić information content (AvgIpc) is 2.69. The number of aromatic nitrogens is 1. The number of anilines is 3. The smallest absolute Gasteiger partial charge is 0.337 e. The summed E-state index contributed by atoms with van der Waals surface area (Å²) < 4.78 is 4.72. The number of esters is 1. The van der Waals surface area contributed by atoms with Crippen molar-refractivity contribution in [2.24, 2.45) is 0 Å². The number of nitrogens with zero attached hydrogens (tertiary/aromatic N) is 1. The third kappa shape index (κ3) is 5.17. The zero-order valence-electron chi connectivity index (χ0n) is 15.7. The number of hydrogen-bond acceptors (Lipinski definition) is 5. The molecule has 3 rings (SSSR count). The van der Waals surface area contributed by atoms with Crippen LogP contribution in [0.25, 0.3) is 0 Å². The molecule has 0 aliphatic carbocycles. The molecular weight excluding hydrogens is 354 g/mol. The predicted molar refractivity (Wildman–Crippen MR) is 109 cm³/mol. The molecule has 0 unspecified atom stereocenters. The second-order valence-corrected chi connectivity index (χ2v) is 6.34. The Labute approximate surface area is 163 Å². The molecule has 1 heterocycles. The Kier molecular flexibility index (Phi) is 6.01. The number of nitrogens with one attached hydrogen (secondary N) is 2. The van der Waals surface area contributed by atoms with E-state index in [0.717, 1.165) is 11.1 Å². The number of hydrogen-bond donors (Lipinski definition) is 2. The van der Waals surface area contributed by atoms with Crippen LogP contribution < -0.4 is 10.6 Å². The fourth-order valence-electron chi connectivity index (χ4n) is 2.74. The summed E-state index contributed by atoms with van der Waals surface area (Å²) in [7, 11) is 1.34. The van der Waals surface area contributed by atoms with Crippen molar-refractivity contribution in [3.63, 3.8) is 0 Å². The van der Waals surface area contributed by atoms with E-state index < -0.39 is 5.97 Å². The molecule has 2 N–H and O–H groups in total. The van der Waals surface area contributed by atoms with Crippen molar-refractivity contribution in [2.45, 2.75) is 13.3 Å². The molecule has 0 fully saturated rings. The van der Waals surface area contributed by atoms with Gasteiger partial charge in [-0.15, -0.1) is 0 Å². The summed E-state index contributed by atoms with van der Waals surface area (Å²) in [6.07, 6.45) is 1.89. The first kappa shape index (κ1) is 19.1. The fourth-order valence-corrected chi connectivity index (χ4v) is 2.74. The first-order chi connectivity index (χ1) is 13.5. The van der Waals surface area contributed by atoms with Gasteiger partial charge in [-0.05, 0) is 42.8 Å². The van der Waals surface area contributed by atoms with Crippen LogP contribution in [0.2, 0.25) is 0 Å². The van der Waals surface area contributed by atoms with E-state index in [0.29, 0.717) is 29.2 Å². The summed E-state index contributed by atoms with van der Waals surface area (Å²) in [5, 5.41) is 5.96. The molecular formula is C22H21N3O3. The van der Waals surface area contributed by atoms with Crippen molar-refractivity contribution in [3.8, 4) is 0 Å². The molecule has 0 radical (unpaired) electrons. The van der Waals surface area contributed by atoms with Crippen LogP contribution in [0.1, 0.15) is 21.5 Å². The van der Waals surface area contributed by atoms with Crippen LogP contribution in [0.15, 0.2) is 66.9 Å². The maximum absolute atomic E-state index is 12.2. The third-order valence-electron chi connectivity index (χ3n) is 4.05. The number of rotatable bonds is 6. The molecule has 28 heavy (non-hydrogen) atoms. The zero-order valence-corrected chi connectivity index (χ0v) is 15.7. The maximum Gasteiger partial charge on any atom is 0.337 e. The minimum absolute atomic E-state index is 0.0983. The van der Waals surface area contributed by atoms with Crippen molar-refractivity contribution in [1.82, 2.24) is 4.98 Å². The first-order valence-electron chi connectivity index (χ1n) is 8.80. The third-order valence-corrected chi connectivity index (χ3v) is 4.05. The number of methoxy groups -OCH3 is 1. The molecule has 1 aromatic heterocycles. The van der Waals surface area contributed by atoms with Crippen LogP contribution >= 0.6 is 0 Å². The van der Waals surface area contributed by atoms with Crippen molar-refractivity contribution in [1.29, 1.82) is 0 Å². The SMILES string of the molecule is COC(=O)c1cccc(Nc2ccc(NC(=O)Cc3cccc(C)c3)cn2)c1. The highest BCUT2D eigenvalue weighted by atomic mass is 16.5. The zero-order chi connectivity index (χ0) is 19.9. The van der Waals surface area contributed by atoms with Gasteiger partial charge in [0.25, 0.3) is 0 Å². The van der Waals surface area contributed by atoms with E-state index >= 15 is 0 Å². The van der Waals surface area contributed by atoms with Crippen molar-refractivity contribution in [2.75, 3.05) is 17.7 Å². The highest BCUT2D eigenvalue weighted by Gasteiger charge is 2.07. The van der Waals surface area contributed by atoms with Crippen LogP contribution in [0, 0.1) is 6.92 Å². The van der Waals surface area contributed by atoms with Gasteiger partial charge in [-0.3, -0.25) is 4.79 Å². The highest BCUT2D eigenvalue weighted by molar-refractivity contribution is 5.92. The molecule has 1 amide bonds. The molecule has 0 saturated carbocycles. The number of carbonyl (C=O) groups excluding carboxylic acids is 2. The summed E-state index contributed by atoms with van der Waals surface area (Å²) in [4.78, 5) is 28.1. The van der Waals surface area contributed by atoms with Gasteiger partial charge in [-0.25, -0.2) is 9.78 Å². The summed E-state index contributed by atoms with van der Waals surface area (Å²) >= 11 is 0. The highest BCUT2D eigenvalue weighted by Crippen LogP contribution is 2.18. The van der Waals surface area contributed by atoms with Crippen molar-refractivity contribution in [3.05, 3.63) is 83.6 Å². The lowest BCUT2D eigenvalue weighted by atomic mass is 10.1. The average molecular weight is 375 g/mol. The van der Waals surface area contributed by atoms with Crippen LogP contribution in [-0.2, 0) is 16.0 Å². The molecule has 0 atom stereocenters. The number of aryl methyl sites for hydroxylation is 1. The summed E-state index contributed by atoms with van der Waals surface area (Å²) in [5.41, 5.74) is 3.87. The predicted octanol–water partition coefficient (Wildman–Crippen LogP) is 4.10. The monoisotopic (exact) mass is 375 g/mol. The lowest BCUT2D eigenvalue weighted by Gasteiger charge is -2.09. The Morgan fingerprint density at radius 2 is 1.82 bits per heavy atom. The molecule has 0 spiro atoms. The van der Waals surface area contributed by atoms with E-state index in [1.807, 2.05) is 37.3 Å². The Morgan fingerprint density at radius 3 is 2.54 bits per heavy atom. The topological polar surface area (TPSA) is 80.3 Å². The van der Waals surface area contributed by atoms with Gasteiger partial charge in [-0.2, -0.15) is 0 Å². The van der Waals surface area contributed by atoms with Crippen LogP contribution in [0.4, 0.5) is 17.2 Å². The summed E-state index contributed by atoms with van der Waals surface area (Å²) in [6, 6.07) is 18.3. The molecule has 6 heteroatoms. The lowest BCUT2D eigenvalue weighted by Crippen LogP contribution is -2.14. The van der Waals surface area contributed by atoms with Crippen molar-refractivity contribution >= 4 is 29.1 Å². The molecule has 0 bridgehead atoms. The fraction of sp³-hybridized carbons (Fsp3) is 0.136. The minimum atomic E-state index is -0.400. The van der Waals surface area contributed by atoms with Crippen LogP contribution in [-0.4, -0.2) is 24.0 Å². The number of benzene rings is 2. The number of carbonyl (C=O) groups is 2. The van der Waals surface area contributed by atoms with Gasteiger partial charge in [0.2, 0.25) is 5.91 Å². The quantitative estimate of drug-likeness (QED) is 0.634. The molecule has 6 nitrogen and oxygen atoms in total. The van der Waals surface area contributed by atoms with E-state index in [4.69, 9.17) is 4.74 Å². The molecule has 142 valence electrons. The Hall–Kier alpha value is -3.67. The van der Waals surface area contributed by atoms with Crippen molar-refractivity contribution < 1.29 is 14.3 Å². The normalized spacial score (nSPS) is 10.2. The summed E-state index contributed by atoms with van der Waals surface area (Å²) in [6.45, 7) is 2.00. The molecule has 0 aliphatic rings. The molecule has 2 aromatic carbocycles.